The molecule has 1 fully saturated rings. The van der Waals surface area contributed by atoms with Crippen LogP contribution in [0.3, 0.4) is 0 Å². The molecular formula is C10H15ClN2S. The van der Waals surface area contributed by atoms with Crippen LogP contribution in [0.1, 0.15) is 24.1 Å². The third-order valence-electron chi connectivity index (χ3n) is 2.74. The first kappa shape index (κ1) is 10.4. The van der Waals surface area contributed by atoms with Crippen molar-refractivity contribution in [3.8, 4) is 0 Å². The second-order valence-electron chi connectivity index (χ2n) is 3.79. The molecule has 0 spiro atoms. The molecule has 0 saturated heterocycles. The van der Waals surface area contributed by atoms with Crippen LogP contribution in [0.25, 0.3) is 0 Å². The Bertz CT molecular complexity index is 300. The molecule has 0 amide bonds. The summed E-state index contributed by atoms with van der Waals surface area (Å²) in [5.41, 5.74) is 5.96. The van der Waals surface area contributed by atoms with Crippen LogP contribution in [0.15, 0.2) is 12.1 Å². The molecule has 2 rings (SSSR count). The Kier molecular flexibility index (Phi) is 3.44. The van der Waals surface area contributed by atoms with Crippen LogP contribution in [-0.2, 0) is 6.54 Å². The molecule has 78 valence electrons. The van der Waals surface area contributed by atoms with Gasteiger partial charge in [0.25, 0.3) is 0 Å². The van der Waals surface area contributed by atoms with Crippen molar-refractivity contribution in [1.82, 2.24) is 5.32 Å². The maximum atomic E-state index is 5.96. The van der Waals surface area contributed by atoms with Crippen LogP contribution in [-0.4, -0.2) is 12.1 Å². The Morgan fingerprint density at radius 1 is 1.50 bits per heavy atom. The molecule has 14 heavy (non-hydrogen) atoms. The predicted molar refractivity (Wildman–Crippen MR) is 61.8 cm³/mol. The fourth-order valence-corrected chi connectivity index (χ4v) is 2.96. The summed E-state index contributed by atoms with van der Waals surface area (Å²) in [6.07, 6.45) is 3.62. The number of nitrogens with one attached hydrogen (secondary N) is 1. The van der Waals surface area contributed by atoms with Gasteiger partial charge in [-0.1, -0.05) is 18.0 Å². The van der Waals surface area contributed by atoms with Crippen molar-refractivity contribution in [3.05, 3.63) is 21.3 Å². The molecule has 2 unspecified atom stereocenters. The van der Waals surface area contributed by atoms with Gasteiger partial charge in [0.15, 0.2) is 0 Å². The van der Waals surface area contributed by atoms with Crippen molar-refractivity contribution in [2.75, 3.05) is 0 Å². The van der Waals surface area contributed by atoms with Crippen molar-refractivity contribution in [2.24, 2.45) is 5.73 Å². The molecule has 1 aliphatic rings. The monoisotopic (exact) mass is 230 g/mol. The molecule has 0 aliphatic heterocycles. The van der Waals surface area contributed by atoms with Crippen LogP contribution in [0, 0.1) is 0 Å². The zero-order valence-corrected chi connectivity index (χ0v) is 9.57. The molecule has 0 aromatic carbocycles. The summed E-state index contributed by atoms with van der Waals surface area (Å²) in [7, 11) is 0. The third-order valence-corrected chi connectivity index (χ3v) is 3.97. The summed E-state index contributed by atoms with van der Waals surface area (Å²) in [4.78, 5) is 1.29. The Morgan fingerprint density at radius 3 is 2.93 bits per heavy atom. The Balaban J connectivity index is 1.82. The quantitative estimate of drug-likeness (QED) is 0.837. The van der Waals surface area contributed by atoms with Gasteiger partial charge in [-0.15, -0.1) is 11.3 Å². The smallest absolute Gasteiger partial charge is 0.0931 e. The van der Waals surface area contributed by atoms with E-state index < -0.39 is 0 Å². The summed E-state index contributed by atoms with van der Waals surface area (Å²) in [5, 5.41) is 3.49. The van der Waals surface area contributed by atoms with Gasteiger partial charge in [-0.3, -0.25) is 0 Å². The molecule has 1 aromatic rings. The summed E-state index contributed by atoms with van der Waals surface area (Å²) < 4.78 is 0.859. The first-order valence-corrected chi connectivity index (χ1v) is 6.18. The SMILES string of the molecule is NC1CCCC1NCc1ccc(Cl)s1. The standard InChI is InChI=1S/C10H15ClN2S/c11-10-5-4-7(14-10)6-13-9-3-1-2-8(9)12/h4-5,8-9,13H,1-3,6,12H2. The third kappa shape index (κ3) is 2.48. The lowest BCUT2D eigenvalue weighted by molar-refractivity contribution is 0.477. The van der Waals surface area contributed by atoms with E-state index in [-0.39, 0.29) is 0 Å². The summed E-state index contributed by atoms with van der Waals surface area (Å²) in [5.74, 6) is 0. The van der Waals surface area contributed by atoms with E-state index in [0.29, 0.717) is 12.1 Å². The van der Waals surface area contributed by atoms with Crippen LogP contribution < -0.4 is 11.1 Å². The van der Waals surface area contributed by atoms with Gasteiger partial charge in [0.2, 0.25) is 0 Å². The van der Waals surface area contributed by atoms with Crippen LogP contribution in [0.4, 0.5) is 0 Å². The van der Waals surface area contributed by atoms with E-state index in [2.05, 4.69) is 11.4 Å². The van der Waals surface area contributed by atoms with Crippen molar-refractivity contribution in [3.63, 3.8) is 0 Å². The molecule has 0 radical (unpaired) electrons. The Labute approximate surface area is 93.4 Å². The molecule has 1 aromatic heterocycles. The van der Waals surface area contributed by atoms with Crippen molar-refractivity contribution in [1.29, 1.82) is 0 Å². The maximum absolute atomic E-state index is 5.96. The lowest BCUT2D eigenvalue weighted by atomic mass is 10.2. The van der Waals surface area contributed by atoms with E-state index in [4.69, 9.17) is 17.3 Å². The summed E-state index contributed by atoms with van der Waals surface area (Å²) in [6, 6.07) is 4.85. The first-order valence-electron chi connectivity index (χ1n) is 4.99. The number of nitrogens with two attached hydrogens (primary N) is 1. The van der Waals surface area contributed by atoms with E-state index in [1.807, 2.05) is 6.07 Å². The molecule has 2 nitrogen and oxygen atoms in total. The van der Waals surface area contributed by atoms with Gasteiger partial charge in [-0.2, -0.15) is 0 Å². The van der Waals surface area contributed by atoms with Crippen LogP contribution in [0.5, 0.6) is 0 Å². The van der Waals surface area contributed by atoms with Gasteiger partial charge in [-0.05, 0) is 25.0 Å². The minimum absolute atomic E-state index is 0.338. The topological polar surface area (TPSA) is 38.0 Å². The molecule has 2 atom stereocenters. The largest absolute Gasteiger partial charge is 0.326 e. The summed E-state index contributed by atoms with van der Waals surface area (Å²) >= 11 is 7.48. The van der Waals surface area contributed by atoms with E-state index in [1.165, 1.54) is 17.7 Å². The van der Waals surface area contributed by atoms with Gasteiger partial charge in [0.05, 0.1) is 4.34 Å². The minimum atomic E-state index is 0.338. The summed E-state index contributed by atoms with van der Waals surface area (Å²) in [6.45, 7) is 0.899. The number of hydrogen-bond acceptors (Lipinski definition) is 3. The van der Waals surface area contributed by atoms with Gasteiger partial charge < -0.3 is 11.1 Å². The molecule has 0 bridgehead atoms. The minimum Gasteiger partial charge on any atom is -0.326 e. The molecule has 3 N–H and O–H groups in total. The van der Waals surface area contributed by atoms with Crippen molar-refractivity contribution in [2.45, 2.75) is 37.9 Å². The number of thiophene rings is 1. The highest BCUT2D eigenvalue weighted by atomic mass is 35.5. The second kappa shape index (κ2) is 4.62. The number of hydrogen-bond donors (Lipinski definition) is 2. The lowest BCUT2D eigenvalue weighted by Gasteiger charge is -2.16. The van der Waals surface area contributed by atoms with Gasteiger partial charge in [0.1, 0.15) is 0 Å². The first-order chi connectivity index (χ1) is 6.75. The number of rotatable bonds is 3. The van der Waals surface area contributed by atoms with Gasteiger partial charge >= 0.3 is 0 Å². The highest BCUT2D eigenvalue weighted by Gasteiger charge is 2.22. The van der Waals surface area contributed by atoms with Gasteiger partial charge in [-0.25, -0.2) is 0 Å². The normalized spacial score (nSPS) is 27.0. The molecule has 1 saturated carbocycles. The van der Waals surface area contributed by atoms with E-state index in [1.54, 1.807) is 11.3 Å². The van der Waals surface area contributed by atoms with E-state index >= 15 is 0 Å². The average Bonchev–Trinajstić information content (AvgIpc) is 2.72. The van der Waals surface area contributed by atoms with Gasteiger partial charge in [0, 0.05) is 23.5 Å². The Hall–Kier alpha value is -0.0900. The fourth-order valence-electron chi connectivity index (χ4n) is 1.92. The Morgan fingerprint density at radius 2 is 2.36 bits per heavy atom. The highest BCUT2D eigenvalue weighted by Crippen LogP contribution is 2.22. The fraction of sp³-hybridized carbons (Fsp3) is 0.600. The zero-order valence-electron chi connectivity index (χ0n) is 8.00. The average molecular weight is 231 g/mol. The zero-order chi connectivity index (χ0) is 9.97. The van der Waals surface area contributed by atoms with Crippen molar-refractivity contribution < 1.29 is 0 Å². The molecule has 1 aliphatic carbocycles. The lowest BCUT2D eigenvalue weighted by Crippen LogP contribution is -2.40. The molecule has 1 heterocycles. The van der Waals surface area contributed by atoms with Crippen LogP contribution >= 0.6 is 22.9 Å². The molecule has 4 heteroatoms. The van der Waals surface area contributed by atoms with E-state index in [9.17, 15) is 0 Å². The predicted octanol–water partition coefficient (Wildman–Crippen LogP) is 2.37. The maximum Gasteiger partial charge on any atom is 0.0931 e. The highest BCUT2D eigenvalue weighted by molar-refractivity contribution is 7.16. The second-order valence-corrected chi connectivity index (χ2v) is 5.59. The number of halogens is 1. The van der Waals surface area contributed by atoms with E-state index in [0.717, 1.165) is 17.3 Å². The van der Waals surface area contributed by atoms with Crippen molar-refractivity contribution >= 4 is 22.9 Å². The molecular weight excluding hydrogens is 216 g/mol. The van der Waals surface area contributed by atoms with Crippen LogP contribution in [0.2, 0.25) is 4.34 Å².